The van der Waals surface area contributed by atoms with Crippen molar-refractivity contribution in [1.29, 1.82) is 0 Å². The molecular formula is C29H38FN4O5+. The SMILES string of the molecule is COc1ccc(CCC(=O)N(CC2CCOCC2)C(C(=O)NCc2ccc(F)cc2)C2CN(C)C[N+]2=O)cc1. The largest absolute Gasteiger partial charge is 0.497 e. The zero-order valence-corrected chi connectivity index (χ0v) is 22.7. The summed E-state index contributed by atoms with van der Waals surface area (Å²) in [6.07, 6.45) is 2.29. The summed E-state index contributed by atoms with van der Waals surface area (Å²) in [6, 6.07) is 11.8. The van der Waals surface area contributed by atoms with Crippen LogP contribution in [0.3, 0.4) is 0 Å². The van der Waals surface area contributed by atoms with Crippen LogP contribution in [0.1, 0.15) is 30.4 Å². The van der Waals surface area contributed by atoms with Crippen molar-refractivity contribution in [2.45, 2.75) is 44.3 Å². The number of nitrogens with zero attached hydrogens (tertiary/aromatic N) is 3. The van der Waals surface area contributed by atoms with Gasteiger partial charge in [0, 0.05) is 42.4 Å². The number of aryl methyl sites for hydroxylation is 1. The minimum atomic E-state index is -0.959. The molecule has 2 amide bonds. The second-order valence-electron chi connectivity index (χ2n) is 10.4. The third kappa shape index (κ3) is 7.83. The first-order chi connectivity index (χ1) is 18.8. The Morgan fingerprint density at radius 2 is 1.79 bits per heavy atom. The fourth-order valence-electron chi connectivity index (χ4n) is 5.25. The summed E-state index contributed by atoms with van der Waals surface area (Å²) in [5.74, 6) is 0.0110. The molecule has 0 bridgehead atoms. The zero-order chi connectivity index (χ0) is 27.8. The molecule has 2 fully saturated rings. The van der Waals surface area contributed by atoms with Crippen molar-refractivity contribution in [1.82, 2.24) is 15.1 Å². The molecule has 10 heteroatoms. The normalized spacial score (nSPS) is 19.1. The second-order valence-corrected chi connectivity index (χ2v) is 10.4. The Labute approximate surface area is 228 Å². The quantitative estimate of drug-likeness (QED) is 0.440. The van der Waals surface area contributed by atoms with E-state index in [-0.39, 0.29) is 43.2 Å². The smallest absolute Gasteiger partial charge is 0.250 e. The summed E-state index contributed by atoms with van der Waals surface area (Å²) in [7, 11) is 3.43. The summed E-state index contributed by atoms with van der Waals surface area (Å²) in [6.45, 7) is 2.31. The first-order valence-electron chi connectivity index (χ1n) is 13.5. The van der Waals surface area contributed by atoms with E-state index in [4.69, 9.17) is 9.47 Å². The van der Waals surface area contributed by atoms with Crippen molar-refractivity contribution in [2.75, 3.05) is 47.1 Å². The van der Waals surface area contributed by atoms with Gasteiger partial charge in [0.15, 0.2) is 6.04 Å². The molecule has 210 valence electrons. The maximum Gasteiger partial charge on any atom is 0.250 e. The Morgan fingerprint density at radius 1 is 1.13 bits per heavy atom. The summed E-state index contributed by atoms with van der Waals surface area (Å²) < 4.78 is 25.0. The van der Waals surface area contributed by atoms with Gasteiger partial charge in [-0.05, 0) is 67.6 Å². The molecule has 0 aromatic heterocycles. The van der Waals surface area contributed by atoms with Crippen LogP contribution in [-0.4, -0.2) is 85.6 Å². The number of nitroso groups, excluding NO2 is 1. The van der Waals surface area contributed by atoms with Crippen LogP contribution in [0.15, 0.2) is 48.5 Å². The Morgan fingerprint density at radius 3 is 2.41 bits per heavy atom. The van der Waals surface area contributed by atoms with E-state index < -0.39 is 12.1 Å². The van der Waals surface area contributed by atoms with Gasteiger partial charge in [0.05, 0.1) is 13.7 Å². The number of amides is 2. The molecule has 2 saturated heterocycles. The molecule has 0 radical (unpaired) electrons. The number of hydrogen-bond acceptors (Lipinski definition) is 6. The molecule has 2 aliphatic rings. The van der Waals surface area contributed by atoms with Gasteiger partial charge in [-0.3, -0.25) is 9.59 Å². The molecule has 2 aromatic rings. The van der Waals surface area contributed by atoms with E-state index in [9.17, 15) is 18.9 Å². The Balaban J connectivity index is 1.56. The number of hydrogen-bond donors (Lipinski definition) is 1. The first kappa shape index (κ1) is 28.6. The fourth-order valence-corrected chi connectivity index (χ4v) is 5.25. The Hall–Kier alpha value is -3.37. The number of carbonyl (C=O) groups is 2. The van der Waals surface area contributed by atoms with E-state index in [1.165, 1.54) is 12.1 Å². The molecule has 1 N–H and O–H groups in total. The molecule has 2 aromatic carbocycles. The highest BCUT2D eigenvalue weighted by Gasteiger charge is 2.49. The van der Waals surface area contributed by atoms with Crippen LogP contribution in [0.5, 0.6) is 5.75 Å². The van der Waals surface area contributed by atoms with Gasteiger partial charge in [-0.15, -0.1) is 0 Å². The third-order valence-electron chi connectivity index (χ3n) is 7.50. The lowest BCUT2D eigenvalue weighted by atomic mass is 9.96. The van der Waals surface area contributed by atoms with Crippen molar-refractivity contribution in [3.8, 4) is 5.75 Å². The van der Waals surface area contributed by atoms with Crippen molar-refractivity contribution in [3.63, 3.8) is 0 Å². The van der Waals surface area contributed by atoms with Gasteiger partial charge in [0.1, 0.15) is 11.6 Å². The van der Waals surface area contributed by atoms with E-state index >= 15 is 0 Å². The van der Waals surface area contributed by atoms with Crippen molar-refractivity contribution in [3.05, 3.63) is 70.4 Å². The number of halogens is 1. The molecule has 9 nitrogen and oxygen atoms in total. The average molecular weight is 542 g/mol. The van der Waals surface area contributed by atoms with Gasteiger partial charge >= 0.3 is 0 Å². The highest BCUT2D eigenvalue weighted by atomic mass is 19.1. The average Bonchev–Trinajstić information content (AvgIpc) is 3.28. The van der Waals surface area contributed by atoms with Crippen LogP contribution >= 0.6 is 0 Å². The predicted molar refractivity (Wildman–Crippen MR) is 144 cm³/mol. The van der Waals surface area contributed by atoms with Crippen LogP contribution in [0.25, 0.3) is 0 Å². The fraction of sp³-hybridized carbons (Fsp3) is 0.517. The summed E-state index contributed by atoms with van der Waals surface area (Å²) in [4.78, 5) is 44.1. The van der Waals surface area contributed by atoms with E-state index in [1.807, 2.05) is 36.2 Å². The predicted octanol–water partition coefficient (Wildman–Crippen LogP) is 2.76. The molecule has 2 unspecified atom stereocenters. The van der Waals surface area contributed by atoms with E-state index in [1.54, 1.807) is 24.1 Å². The van der Waals surface area contributed by atoms with Crippen LogP contribution in [0.2, 0.25) is 0 Å². The van der Waals surface area contributed by atoms with Crippen LogP contribution in [0.4, 0.5) is 4.39 Å². The summed E-state index contributed by atoms with van der Waals surface area (Å²) in [5, 5.41) is 2.91. The molecule has 0 spiro atoms. The number of likely N-dealkylation sites (N-methyl/N-ethyl adjacent to an activating group) is 1. The van der Waals surface area contributed by atoms with Gasteiger partial charge in [0.25, 0.3) is 0 Å². The number of methoxy groups -OCH3 is 1. The minimum Gasteiger partial charge on any atom is -0.497 e. The van der Waals surface area contributed by atoms with Crippen molar-refractivity contribution in [2.24, 2.45) is 5.92 Å². The number of nitrogens with one attached hydrogen (secondary N) is 1. The number of rotatable bonds is 11. The topological polar surface area (TPSA) is 91.2 Å². The zero-order valence-electron chi connectivity index (χ0n) is 22.7. The van der Waals surface area contributed by atoms with Crippen LogP contribution in [-0.2, 0) is 27.3 Å². The molecular weight excluding hydrogens is 503 g/mol. The maximum absolute atomic E-state index is 13.8. The standard InChI is InChI=1S/C29H37FN4O5/c1-32-19-26(34(37)20-32)28(29(36)31-17-22-3-8-24(30)9-4-22)33(18-23-13-15-39-16-14-23)27(35)12-7-21-5-10-25(38-2)11-6-21/h3-6,8-11,23,26,28H,7,12-20H2,1-2H3/p+1. The summed E-state index contributed by atoms with van der Waals surface area (Å²) >= 11 is 0. The lowest BCUT2D eigenvalue weighted by molar-refractivity contribution is -0.573. The molecule has 4 rings (SSSR count). The third-order valence-corrected chi connectivity index (χ3v) is 7.50. The van der Waals surface area contributed by atoms with Crippen LogP contribution < -0.4 is 10.1 Å². The van der Waals surface area contributed by atoms with Gasteiger partial charge in [0.2, 0.25) is 24.5 Å². The lowest BCUT2D eigenvalue weighted by Gasteiger charge is -2.35. The van der Waals surface area contributed by atoms with E-state index in [0.29, 0.717) is 32.7 Å². The monoisotopic (exact) mass is 541 g/mol. The number of ether oxygens (including phenoxy) is 2. The number of carbonyl (C=O) groups excluding carboxylic acids is 2. The van der Waals surface area contributed by atoms with Gasteiger partial charge in [-0.2, -0.15) is 0 Å². The number of benzene rings is 2. The molecule has 0 aliphatic carbocycles. The molecule has 2 atom stereocenters. The Kier molecular flexibility index (Phi) is 10.00. The highest BCUT2D eigenvalue weighted by molar-refractivity contribution is 5.88. The highest BCUT2D eigenvalue weighted by Crippen LogP contribution is 2.23. The van der Waals surface area contributed by atoms with Gasteiger partial charge < -0.3 is 19.7 Å². The first-order valence-corrected chi connectivity index (χ1v) is 13.5. The molecule has 0 saturated carbocycles. The summed E-state index contributed by atoms with van der Waals surface area (Å²) in [5.41, 5.74) is 1.71. The van der Waals surface area contributed by atoms with Gasteiger partial charge in [-0.25, -0.2) is 9.29 Å². The maximum atomic E-state index is 13.8. The Bertz CT molecular complexity index is 1120. The lowest BCUT2D eigenvalue weighted by Crippen LogP contribution is -2.59. The second kappa shape index (κ2) is 13.6. The molecule has 2 heterocycles. The van der Waals surface area contributed by atoms with E-state index in [2.05, 4.69) is 5.32 Å². The van der Waals surface area contributed by atoms with Crippen LogP contribution in [0, 0.1) is 16.6 Å². The van der Waals surface area contributed by atoms with Crippen molar-refractivity contribution >= 4 is 11.8 Å². The van der Waals surface area contributed by atoms with E-state index in [0.717, 1.165) is 34.5 Å². The van der Waals surface area contributed by atoms with Gasteiger partial charge in [-0.1, -0.05) is 24.3 Å². The molecule has 2 aliphatic heterocycles. The minimum absolute atomic E-state index is 0.164. The molecule has 39 heavy (non-hydrogen) atoms. The van der Waals surface area contributed by atoms with Crippen molar-refractivity contribution < 1.29 is 28.2 Å².